The fourth-order valence-corrected chi connectivity index (χ4v) is 7.38. The lowest BCUT2D eigenvalue weighted by atomic mass is 9.56. The summed E-state index contributed by atoms with van der Waals surface area (Å²) in [6.07, 6.45) is 1.82. The van der Waals surface area contributed by atoms with Gasteiger partial charge in [-0.1, -0.05) is 55.4 Å². The fourth-order valence-electron chi connectivity index (χ4n) is 3.07. The van der Waals surface area contributed by atoms with Gasteiger partial charge in [0.1, 0.15) is 0 Å². The van der Waals surface area contributed by atoms with Crippen molar-refractivity contribution in [3.63, 3.8) is 0 Å². The van der Waals surface area contributed by atoms with Crippen LogP contribution in [0.15, 0.2) is 0 Å². The van der Waals surface area contributed by atoms with E-state index < -0.39 is 7.14 Å². The highest BCUT2D eigenvalue weighted by molar-refractivity contribution is 7.64. The molecule has 0 aliphatic carbocycles. The van der Waals surface area contributed by atoms with Gasteiger partial charge < -0.3 is 4.57 Å². The highest BCUT2D eigenvalue weighted by Gasteiger charge is 2.57. The molecule has 96 valence electrons. The van der Waals surface area contributed by atoms with E-state index in [1.165, 1.54) is 0 Å². The highest BCUT2D eigenvalue weighted by Crippen LogP contribution is 2.69. The first-order valence-electron chi connectivity index (χ1n) is 6.44. The Balaban J connectivity index is 3.24. The topological polar surface area (TPSA) is 17.1 Å². The lowest BCUT2D eigenvalue weighted by molar-refractivity contribution is -0.00107. The zero-order chi connectivity index (χ0) is 13.0. The maximum absolute atomic E-state index is 13.1. The Morgan fingerprint density at radius 3 is 1.44 bits per heavy atom. The molecule has 0 aromatic rings. The third kappa shape index (κ3) is 1.90. The first kappa shape index (κ1) is 14.3. The molecular weight excluding hydrogens is 215 g/mol. The van der Waals surface area contributed by atoms with Crippen LogP contribution in [0, 0.1) is 16.2 Å². The van der Waals surface area contributed by atoms with Crippen LogP contribution < -0.4 is 0 Å². The summed E-state index contributed by atoms with van der Waals surface area (Å²) in [5.74, 6) is 0. The highest BCUT2D eigenvalue weighted by atomic mass is 31.2. The number of hydrogen-bond acceptors (Lipinski definition) is 1. The van der Waals surface area contributed by atoms with Gasteiger partial charge in [0.25, 0.3) is 0 Å². The molecule has 0 aromatic heterocycles. The van der Waals surface area contributed by atoms with Gasteiger partial charge in [0.15, 0.2) is 0 Å². The summed E-state index contributed by atoms with van der Waals surface area (Å²) < 4.78 is 13.1. The first-order valence-corrected chi connectivity index (χ1v) is 8.58. The Labute approximate surface area is 102 Å². The SMILES string of the molecule is CC(C)P1(=O)CC(C)(C)C(C)(C)C(C)(C)C1. The smallest absolute Gasteiger partial charge is 0.0912 e. The van der Waals surface area contributed by atoms with Gasteiger partial charge in [0, 0.05) is 18.0 Å². The predicted octanol–water partition coefficient (Wildman–Crippen LogP) is 4.85. The summed E-state index contributed by atoms with van der Waals surface area (Å²) >= 11 is 0. The van der Waals surface area contributed by atoms with Gasteiger partial charge in [-0.15, -0.1) is 0 Å². The molecule has 0 amide bonds. The Morgan fingerprint density at radius 2 is 1.19 bits per heavy atom. The number of rotatable bonds is 1. The Kier molecular flexibility index (Phi) is 3.22. The van der Waals surface area contributed by atoms with Crippen molar-refractivity contribution < 1.29 is 4.57 Å². The minimum Gasteiger partial charge on any atom is -0.323 e. The molecule has 2 heteroatoms. The van der Waals surface area contributed by atoms with Gasteiger partial charge in [-0.05, 0) is 16.2 Å². The second-order valence-corrected chi connectivity index (χ2v) is 11.3. The molecule has 0 aromatic carbocycles. The molecule has 0 radical (unpaired) electrons. The molecule has 1 nitrogen and oxygen atoms in total. The van der Waals surface area contributed by atoms with Crippen molar-refractivity contribution >= 4 is 7.14 Å². The van der Waals surface area contributed by atoms with E-state index in [4.69, 9.17) is 0 Å². The van der Waals surface area contributed by atoms with Gasteiger partial charge in [-0.25, -0.2) is 0 Å². The maximum Gasteiger partial charge on any atom is 0.0912 e. The standard InChI is InChI=1S/C14H29OP/c1-11(2)16(15)9-12(3,4)14(7,8)13(5,6)10-16/h11H,9-10H2,1-8H3. The Morgan fingerprint density at radius 1 is 0.875 bits per heavy atom. The van der Waals surface area contributed by atoms with Gasteiger partial charge in [-0.3, -0.25) is 0 Å². The van der Waals surface area contributed by atoms with Crippen molar-refractivity contribution in [3.8, 4) is 0 Å². The summed E-state index contributed by atoms with van der Waals surface area (Å²) in [6, 6.07) is 0. The van der Waals surface area contributed by atoms with Crippen molar-refractivity contribution in [2.75, 3.05) is 12.3 Å². The largest absolute Gasteiger partial charge is 0.323 e. The molecule has 1 fully saturated rings. The second kappa shape index (κ2) is 3.61. The molecule has 0 spiro atoms. The normalized spacial score (nSPS) is 30.3. The predicted molar refractivity (Wildman–Crippen MR) is 73.8 cm³/mol. The monoisotopic (exact) mass is 244 g/mol. The van der Waals surface area contributed by atoms with Crippen molar-refractivity contribution in [1.82, 2.24) is 0 Å². The molecule has 1 aliphatic rings. The van der Waals surface area contributed by atoms with Crippen LogP contribution in [0.5, 0.6) is 0 Å². The van der Waals surface area contributed by atoms with Gasteiger partial charge in [0.2, 0.25) is 0 Å². The third-order valence-electron chi connectivity index (χ3n) is 5.65. The fraction of sp³-hybridized carbons (Fsp3) is 1.00. The molecule has 0 atom stereocenters. The number of hydrogen-bond donors (Lipinski definition) is 0. The Hall–Kier alpha value is 0.230. The van der Waals surface area contributed by atoms with E-state index in [1.54, 1.807) is 0 Å². The zero-order valence-corrected chi connectivity index (χ0v) is 13.2. The van der Waals surface area contributed by atoms with Crippen molar-refractivity contribution in [3.05, 3.63) is 0 Å². The van der Waals surface area contributed by atoms with Gasteiger partial charge in [0.05, 0.1) is 7.14 Å². The molecule has 0 bridgehead atoms. The second-order valence-electron chi connectivity index (χ2n) is 7.76. The third-order valence-corrected chi connectivity index (χ3v) is 10.2. The van der Waals surface area contributed by atoms with Crippen molar-refractivity contribution in [1.29, 1.82) is 0 Å². The lowest BCUT2D eigenvalue weighted by Gasteiger charge is -2.59. The summed E-state index contributed by atoms with van der Waals surface area (Å²) in [7, 11) is -2.01. The summed E-state index contributed by atoms with van der Waals surface area (Å²) in [5, 5.41) is 0. The summed E-state index contributed by atoms with van der Waals surface area (Å²) in [4.78, 5) is 0. The van der Waals surface area contributed by atoms with E-state index >= 15 is 0 Å². The van der Waals surface area contributed by atoms with E-state index in [0.29, 0.717) is 5.66 Å². The molecule has 1 rings (SSSR count). The molecule has 1 heterocycles. The van der Waals surface area contributed by atoms with Crippen LogP contribution in [0.2, 0.25) is 0 Å². The molecule has 1 saturated heterocycles. The van der Waals surface area contributed by atoms with E-state index in [0.717, 1.165) is 12.3 Å². The summed E-state index contributed by atoms with van der Waals surface area (Å²) in [5.41, 5.74) is 0.897. The molecule has 0 N–H and O–H groups in total. The van der Waals surface area contributed by atoms with Crippen LogP contribution in [-0.4, -0.2) is 18.0 Å². The Bertz CT molecular complexity index is 300. The van der Waals surface area contributed by atoms with Crippen molar-refractivity contribution in [2.45, 2.75) is 61.0 Å². The zero-order valence-electron chi connectivity index (χ0n) is 12.3. The minimum atomic E-state index is -2.01. The molecule has 1 aliphatic heterocycles. The molecule has 0 unspecified atom stereocenters. The van der Waals surface area contributed by atoms with E-state index in [2.05, 4.69) is 55.4 Å². The van der Waals surface area contributed by atoms with E-state index in [9.17, 15) is 4.57 Å². The van der Waals surface area contributed by atoms with Crippen LogP contribution >= 0.6 is 7.14 Å². The molecule has 0 saturated carbocycles. The van der Waals surface area contributed by atoms with Crippen LogP contribution in [0.4, 0.5) is 0 Å². The summed E-state index contributed by atoms with van der Waals surface area (Å²) in [6.45, 7) is 18.1. The minimum absolute atomic E-state index is 0.161. The van der Waals surface area contributed by atoms with Crippen LogP contribution in [0.3, 0.4) is 0 Å². The maximum atomic E-state index is 13.1. The first-order chi connectivity index (χ1) is 6.86. The molecular formula is C14H29OP. The quantitative estimate of drug-likeness (QED) is 0.603. The average molecular weight is 244 g/mol. The van der Waals surface area contributed by atoms with E-state index in [-0.39, 0.29) is 16.2 Å². The molecule has 16 heavy (non-hydrogen) atoms. The van der Waals surface area contributed by atoms with E-state index in [1.807, 2.05) is 0 Å². The van der Waals surface area contributed by atoms with Crippen LogP contribution in [0.25, 0.3) is 0 Å². The van der Waals surface area contributed by atoms with Crippen molar-refractivity contribution in [2.24, 2.45) is 16.2 Å². The lowest BCUT2D eigenvalue weighted by Crippen LogP contribution is -2.52. The van der Waals surface area contributed by atoms with Crippen LogP contribution in [0.1, 0.15) is 55.4 Å². The van der Waals surface area contributed by atoms with Gasteiger partial charge >= 0.3 is 0 Å². The average Bonchev–Trinajstić information content (AvgIpc) is 1.98. The van der Waals surface area contributed by atoms with Crippen LogP contribution in [-0.2, 0) is 4.57 Å². The van der Waals surface area contributed by atoms with Gasteiger partial charge in [-0.2, -0.15) is 0 Å².